The highest BCUT2D eigenvalue weighted by Crippen LogP contribution is 1.83. The van der Waals surface area contributed by atoms with E-state index in [-0.39, 0.29) is 24.8 Å². The van der Waals surface area contributed by atoms with E-state index in [0.29, 0.717) is 25.0 Å². The second-order valence-corrected chi connectivity index (χ2v) is 3.15. The molecule has 0 aromatic heterocycles. The number of aliphatic hydroxyl groups is 2. The van der Waals surface area contributed by atoms with Crippen molar-refractivity contribution in [1.29, 1.82) is 0 Å². The van der Waals surface area contributed by atoms with Crippen molar-refractivity contribution < 1.29 is 10.2 Å². The molecule has 0 aliphatic carbocycles. The van der Waals surface area contributed by atoms with Crippen molar-refractivity contribution in [2.45, 2.75) is 27.7 Å². The van der Waals surface area contributed by atoms with Gasteiger partial charge in [-0.3, -0.25) is 0 Å². The lowest BCUT2D eigenvalue weighted by Crippen LogP contribution is -1.90. The Morgan fingerprint density at radius 3 is 0.833 bits per heavy atom. The van der Waals surface area contributed by atoms with Gasteiger partial charge in [-0.1, -0.05) is 27.7 Å². The van der Waals surface area contributed by atoms with Crippen LogP contribution in [0.25, 0.3) is 0 Å². The van der Waals surface area contributed by atoms with Crippen LogP contribution in [0.3, 0.4) is 0 Å². The van der Waals surface area contributed by atoms with E-state index in [0.717, 1.165) is 0 Å². The third kappa shape index (κ3) is 46.8. The minimum absolute atomic E-state index is 0. The standard InChI is InChI=1S/2C4H10O.2ClH/c2*1-4(2)3-5;;/h2*4-5H,3H2,1-2H3;2*1H. The first-order valence-electron chi connectivity index (χ1n) is 3.76. The van der Waals surface area contributed by atoms with Gasteiger partial charge in [-0.25, -0.2) is 0 Å². The Kier molecular flexibility index (Phi) is 33.5. The van der Waals surface area contributed by atoms with Gasteiger partial charge in [-0.2, -0.15) is 0 Å². The molecule has 0 atom stereocenters. The highest BCUT2D eigenvalue weighted by Gasteiger charge is 1.82. The summed E-state index contributed by atoms with van der Waals surface area (Å²) in [7, 11) is 0. The first-order valence-corrected chi connectivity index (χ1v) is 3.76. The lowest BCUT2D eigenvalue weighted by atomic mass is 10.2. The molecule has 0 saturated heterocycles. The summed E-state index contributed by atoms with van der Waals surface area (Å²) in [5.41, 5.74) is 0. The van der Waals surface area contributed by atoms with Crippen molar-refractivity contribution >= 4 is 24.8 Å². The summed E-state index contributed by atoms with van der Waals surface area (Å²) >= 11 is 0. The third-order valence-corrected chi connectivity index (χ3v) is 0.730. The minimum Gasteiger partial charge on any atom is -0.396 e. The van der Waals surface area contributed by atoms with Gasteiger partial charge in [0.15, 0.2) is 0 Å². The average molecular weight is 221 g/mol. The van der Waals surface area contributed by atoms with Crippen LogP contribution in [-0.4, -0.2) is 23.4 Å². The van der Waals surface area contributed by atoms with Gasteiger partial charge >= 0.3 is 0 Å². The quantitative estimate of drug-likeness (QED) is 0.749. The molecule has 4 heteroatoms. The van der Waals surface area contributed by atoms with Crippen molar-refractivity contribution in [2.24, 2.45) is 11.8 Å². The summed E-state index contributed by atoms with van der Waals surface area (Å²) in [6.45, 7) is 8.50. The first-order chi connectivity index (χ1) is 4.54. The number of halogens is 2. The predicted molar refractivity (Wildman–Crippen MR) is 58.3 cm³/mol. The molecule has 0 aromatic carbocycles. The second-order valence-electron chi connectivity index (χ2n) is 3.15. The van der Waals surface area contributed by atoms with Crippen LogP contribution in [0.4, 0.5) is 0 Å². The van der Waals surface area contributed by atoms with E-state index in [1.807, 2.05) is 27.7 Å². The molecule has 0 fully saturated rings. The highest BCUT2D eigenvalue weighted by atomic mass is 35.5. The molecule has 0 aromatic rings. The largest absolute Gasteiger partial charge is 0.396 e. The SMILES string of the molecule is CC(C)CO.CC(C)CO.Cl.Cl. The molecule has 80 valence electrons. The molecule has 0 radical (unpaired) electrons. The molecular weight excluding hydrogens is 199 g/mol. The number of rotatable bonds is 2. The normalized spacial score (nSPS) is 8.00. The van der Waals surface area contributed by atoms with Gasteiger partial charge in [0.1, 0.15) is 0 Å². The maximum atomic E-state index is 8.14. The zero-order valence-electron chi connectivity index (χ0n) is 8.28. The number of hydrogen-bond donors (Lipinski definition) is 2. The monoisotopic (exact) mass is 220 g/mol. The van der Waals surface area contributed by atoms with Gasteiger partial charge < -0.3 is 10.2 Å². The highest BCUT2D eigenvalue weighted by molar-refractivity contribution is 5.85. The summed E-state index contributed by atoms with van der Waals surface area (Å²) < 4.78 is 0. The van der Waals surface area contributed by atoms with Crippen molar-refractivity contribution in [1.82, 2.24) is 0 Å². The fraction of sp³-hybridized carbons (Fsp3) is 1.00. The summed E-state index contributed by atoms with van der Waals surface area (Å²) in [6.07, 6.45) is 0. The molecule has 0 aliphatic heterocycles. The van der Waals surface area contributed by atoms with E-state index in [2.05, 4.69) is 0 Å². The smallest absolute Gasteiger partial charge is 0.0453 e. The molecule has 0 aliphatic rings. The Labute approximate surface area is 88.2 Å². The summed E-state index contributed by atoms with van der Waals surface area (Å²) in [5, 5.41) is 16.3. The Balaban J connectivity index is -0.0000000457. The van der Waals surface area contributed by atoms with Gasteiger partial charge in [0.2, 0.25) is 0 Å². The molecule has 0 bridgehead atoms. The first kappa shape index (κ1) is 22.9. The molecule has 12 heavy (non-hydrogen) atoms. The maximum Gasteiger partial charge on any atom is 0.0453 e. The van der Waals surface area contributed by atoms with Gasteiger partial charge in [-0.15, -0.1) is 24.8 Å². The summed E-state index contributed by atoms with van der Waals surface area (Å²) in [4.78, 5) is 0. The lowest BCUT2D eigenvalue weighted by molar-refractivity contribution is 0.248. The van der Waals surface area contributed by atoms with E-state index in [4.69, 9.17) is 10.2 Å². The van der Waals surface area contributed by atoms with Crippen LogP contribution in [0.1, 0.15) is 27.7 Å². The minimum atomic E-state index is 0. The zero-order valence-corrected chi connectivity index (χ0v) is 9.91. The van der Waals surface area contributed by atoms with Crippen LogP contribution >= 0.6 is 24.8 Å². The molecule has 0 heterocycles. The molecular formula is C8H22Cl2O2. The zero-order chi connectivity index (χ0) is 8.57. The lowest BCUT2D eigenvalue weighted by Gasteiger charge is -1.90. The van der Waals surface area contributed by atoms with E-state index in [9.17, 15) is 0 Å². The van der Waals surface area contributed by atoms with Gasteiger partial charge in [0.25, 0.3) is 0 Å². The van der Waals surface area contributed by atoms with Crippen LogP contribution in [0, 0.1) is 11.8 Å². The second kappa shape index (κ2) is 17.5. The Hall–Kier alpha value is 0.500. The van der Waals surface area contributed by atoms with E-state index < -0.39 is 0 Å². The van der Waals surface area contributed by atoms with Crippen LogP contribution in [0.5, 0.6) is 0 Å². The Bertz CT molecular complexity index is 51.0. The fourth-order valence-electron chi connectivity index (χ4n) is 0. The Morgan fingerprint density at radius 1 is 0.750 bits per heavy atom. The van der Waals surface area contributed by atoms with Gasteiger partial charge in [0.05, 0.1) is 0 Å². The fourth-order valence-corrected chi connectivity index (χ4v) is 0. The van der Waals surface area contributed by atoms with Gasteiger partial charge in [0, 0.05) is 13.2 Å². The molecule has 2 N–H and O–H groups in total. The van der Waals surface area contributed by atoms with Crippen LogP contribution in [-0.2, 0) is 0 Å². The number of aliphatic hydroxyl groups excluding tert-OH is 2. The maximum absolute atomic E-state index is 8.14. The van der Waals surface area contributed by atoms with Crippen molar-refractivity contribution in [3.8, 4) is 0 Å². The van der Waals surface area contributed by atoms with Crippen molar-refractivity contribution in [2.75, 3.05) is 13.2 Å². The molecule has 2 nitrogen and oxygen atoms in total. The average Bonchev–Trinajstić information content (AvgIpc) is 1.89. The van der Waals surface area contributed by atoms with Crippen LogP contribution in [0.15, 0.2) is 0 Å². The number of hydrogen-bond acceptors (Lipinski definition) is 2. The van der Waals surface area contributed by atoms with Gasteiger partial charge in [-0.05, 0) is 11.8 Å². The van der Waals surface area contributed by atoms with Crippen molar-refractivity contribution in [3.05, 3.63) is 0 Å². The summed E-state index contributed by atoms with van der Waals surface area (Å²) in [5.74, 6) is 0.880. The molecule has 0 amide bonds. The van der Waals surface area contributed by atoms with E-state index in [1.165, 1.54) is 0 Å². The van der Waals surface area contributed by atoms with Crippen LogP contribution in [0.2, 0.25) is 0 Å². The van der Waals surface area contributed by atoms with Crippen molar-refractivity contribution in [3.63, 3.8) is 0 Å². The molecule has 0 unspecified atom stereocenters. The van der Waals surface area contributed by atoms with E-state index in [1.54, 1.807) is 0 Å². The van der Waals surface area contributed by atoms with E-state index >= 15 is 0 Å². The molecule has 0 rings (SSSR count). The Morgan fingerprint density at radius 2 is 0.833 bits per heavy atom. The summed E-state index contributed by atoms with van der Waals surface area (Å²) in [6, 6.07) is 0. The third-order valence-electron chi connectivity index (χ3n) is 0.730. The molecule has 0 spiro atoms. The molecule has 0 saturated carbocycles. The van der Waals surface area contributed by atoms with Crippen LogP contribution < -0.4 is 0 Å². The topological polar surface area (TPSA) is 40.5 Å². The predicted octanol–water partition coefficient (Wildman–Crippen LogP) is 2.11.